The van der Waals surface area contributed by atoms with Gasteiger partial charge in [0.1, 0.15) is 17.9 Å². The summed E-state index contributed by atoms with van der Waals surface area (Å²) in [5.41, 5.74) is 3.03. The molecule has 0 radical (unpaired) electrons. The molecule has 3 aromatic heterocycles. The van der Waals surface area contributed by atoms with Crippen LogP contribution < -0.4 is 10.1 Å². The molecule has 0 spiro atoms. The smallest absolute Gasteiger partial charge is 0.255 e. The van der Waals surface area contributed by atoms with Crippen LogP contribution in [-0.4, -0.2) is 40.6 Å². The molecule has 8 heteroatoms. The van der Waals surface area contributed by atoms with Crippen LogP contribution in [0, 0.1) is 0 Å². The lowest BCUT2D eigenvalue weighted by molar-refractivity contribution is 0.102. The van der Waals surface area contributed by atoms with Crippen molar-refractivity contribution in [2.24, 2.45) is 0 Å². The molecule has 0 saturated carbocycles. The number of amides is 1. The highest BCUT2D eigenvalue weighted by Gasteiger charge is 2.11. The second kappa shape index (κ2) is 10.1. The van der Waals surface area contributed by atoms with Crippen LogP contribution in [0.2, 0.25) is 0 Å². The number of hydrogen-bond acceptors (Lipinski definition) is 6. The molecule has 0 aliphatic heterocycles. The monoisotopic (exact) mass is 434 g/mol. The molecule has 0 bridgehead atoms. The molecule has 0 saturated heterocycles. The molecule has 1 amide bonds. The summed E-state index contributed by atoms with van der Waals surface area (Å²) < 4.78 is 12.6. The van der Waals surface area contributed by atoms with Crippen LogP contribution in [0.3, 0.4) is 0 Å². The predicted octanol–water partition coefficient (Wildman–Crippen LogP) is 4.30. The molecule has 1 N–H and O–H groups in total. The van der Waals surface area contributed by atoms with Gasteiger partial charge in [0.2, 0.25) is 5.88 Å². The third kappa shape index (κ3) is 5.42. The SMILES string of the molecule is COCCOc1ncccc1NC(=O)c1ccc(SCc2cn3ccccc3n2)cc1. The number of methoxy groups -OCH3 is 1. The van der Waals surface area contributed by atoms with E-state index in [1.54, 1.807) is 37.2 Å². The molecule has 158 valence electrons. The number of fused-ring (bicyclic) bond motifs is 1. The van der Waals surface area contributed by atoms with Gasteiger partial charge in [-0.1, -0.05) is 6.07 Å². The lowest BCUT2D eigenvalue weighted by Crippen LogP contribution is -2.14. The molecule has 1 aromatic carbocycles. The lowest BCUT2D eigenvalue weighted by Gasteiger charge is -2.11. The van der Waals surface area contributed by atoms with Crippen LogP contribution in [0.4, 0.5) is 5.69 Å². The Morgan fingerprint density at radius 3 is 2.77 bits per heavy atom. The highest BCUT2D eigenvalue weighted by Crippen LogP contribution is 2.24. The van der Waals surface area contributed by atoms with Gasteiger partial charge in [-0.3, -0.25) is 4.79 Å². The van der Waals surface area contributed by atoms with Gasteiger partial charge in [0.05, 0.1) is 12.3 Å². The third-order valence-corrected chi connectivity index (χ3v) is 5.51. The lowest BCUT2D eigenvalue weighted by atomic mass is 10.2. The van der Waals surface area contributed by atoms with Crippen LogP contribution in [0.5, 0.6) is 5.88 Å². The number of nitrogens with zero attached hydrogens (tertiary/aromatic N) is 3. The molecule has 0 aliphatic rings. The number of anilines is 1. The van der Waals surface area contributed by atoms with Crippen molar-refractivity contribution in [2.75, 3.05) is 25.6 Å². The van der Waals surface area contributed by atoms with E-state index < -0.39 is 0 Å². The largest absolute Gasteiger partial charge is 0.474 e. The van der Waals surface area contributed by atoms with Crippen molar-refractivity contribution in [1.29, 1.82) is 0 Å². The van der Waals surface area contributed by atoms with Crippen molar-refractivity contribution in [3.63, 3.8) is 0 Å². The quantitative estimate of drug-likeness (QED) is 0.313. The van der Waals surface area contributed by atoms with Crippen LogP contribution >= 0.6 is 11.8 Å². The average Bonchev–Trinajstić information content (AvgIpc) is 3.22. The Hall–Kier alpha value is -3.36. The Labute approximate surface area is 184 Å². The zero-order chi connectivity index (χ0) is 21.5. The summed E-state index contributed by atoms with van der Waals surface area (Å²) in [6, 6.07) is 16.9. The van der Waals surface area contributed by atoms with Crippen LogP contribution in [0.1, 0.15) is 16.1 Å². The van der Waals surface area contributed by atoms with E-state index in [-0.39, 0.29) is 5.91 Å². The van der Waals surface area contributed by atoms with E-state index >= 15 is 0 Å². The van der Waals surface area contributed by atoms with Gasteiger partial charge >= 0.3 is 0 Å². The number of rotatable bonds is 9. The number of pyridine rings is 2. The van der Waals surface area contributed by atoms with E-state index in [0.29, 0.717) is 30.3 Å². The van der Waals surface area contributed by atoms with Crippen molar-refractivity contribution < 1.29 is 14.3 Å². The maximum absolute atomic E-state index is 12.6. The van der Waals surface area contributed by atoms with Gasteiger partial charge < -0.3 is 19.2 Å². The van der Waals surface area contributed by atoms with Gasteiger partial charge in [-0.05, 0) is 48.5 Å². The van der Waals surface area contributed by atoms with Crippen LogP contribution in [-0.2, 0) is 10.5 Å². The van der Waals surface area contributed by atoms with E-state index in [1.807, 2.05) is 59.3 Å². The zero-order valence-corrected chi connectivity index (χ0v) is 17.8. The van der Waals surface area contributed by atoms with E-state index in [1.165, 1.54) is 0 Å². The standard InChI is InChI=1S/C23H22N4O3S/c1-29-13-14-30-23-20(5-4-11-24-23)26-22(28)17-7-9-19(10-8-17)31-16-18-15-27-12-3-2-6-21(27)25-18/h2-12,15H,13-14,16H2,1H3,(H,26,28). The summed E-state index contributed by atoms with van der Waals surface area (Å²) in [7, 11) is 1.60. The van der Waals surface area contributed by atoms with Crippen molar-refractivity contribution in [1.82, 2.24) is 14.4 Å². The molecular formula is C23H22N4O3S. The zero-order valence-electron chi connectivity index (χ0n) is 17.0. The van der Waals surface area contributed by atoms with Gasteiger partial charge in [0.25, 0.3) is 5.91 Å². The van der Waals surface area contributed by atoms with E-state index in [9.17, 15) is 4.79 Å². The highest BCUT2D eigenvalue weighted by molar-refractivity contribution is 7.98. The molecule has 0 atom stereocenters. The minimum absolute atomic E-state index is 0.221. The molecule has 7 nitrogen and oxygen atoms in total. The summed E-state index contributed by atoms with van der Waals surface area (Å²) >= 11 is 1.68. The van der Waals surface area contributed by atoms with E-state index in [0.717, 1.165) is 22.0 Å². The Bertz CT molecular complexity index is 1130. The number of thioether (sulfide) groups is 1. The Morgan fingerprint density at radius 2 is 1.97 bits per heavy atom. The van der Waals surface area contributed by atoms with Crippen LogP contribution in [0.25, 0.3) is 5.65 Å². The molecule has 4 aromatic rings. The Kier molecular flexibility index (Phi) is 6.81. The second-order valence-electron chi connectivity index (χ2n) is 6.66. The number of ether oxygens (including phenoxy) is 2. The first-order chi connectivity index (χ1) is 15.2. The van der Waals surface area contributed by atoms with E-state index in [4.69, 9.17) is 9.47 Å². The first-order valence-electron chi connectivity index (χ1n) is 9.76. The average molecular weight is 435 g/mol. The summed E-state index contributed by atoms with van der Waals surface area (Å²) in [5, 5.41) is 2.86. The maximum Gasteiger partial charge on any atom is 0.255 e. The summed E-state index contributed by atoms with van der Waals surface area (Å²) in [6.45, 7) is 0.798. The molecule has 4 rings (SSSR count). The summed E-state index contributed by atoms with van der Waals surface area (Å²) in [6.07, 6.45) is 5.64. The predicted molar refractivity (Wildman–Crippen MR) is 121 cm³/mol. The number of benzene rings is 1. The van der Waals surface area contributed by atoms with Gasteiger partial charge in [-0.25, -0.2) is 9.97 Å². The van der Waals surface area contributed by atoms with Crippen LogP contribution in [0.15, 0.2) is 78.1 Å². The number of imidazole rings is 1. The van der Waals surface area contributed by atoms with Gasteiger partial charge in [0.15, 0.2) is 0 Å². The topological polar surface area (TPSA) is 77.8 Å². The van der Waals surface area contributed by atoms with Crippen molar-refractivity contribution in [2.45, 2.75) is 10.6 Å². The normalized spacial score (nSPS) is 10.9. The first-order valence-corrected chi connectivity index (χ1v) is 10.7. The number of nitrogens with one attached hydrogen (secondary N) is 1. The van der Waals surface area contributed by atoms with Crippen molar-refractivity contribution in [3.8, 4) is 5.88 Å². The summed E-state index contributed by atoms with van der Waals surface area (Å²) in [4.78, 5) is 22.5. The van der Waals surface area contributed by atoms with Gasteiger partial charge in [-0.2, -0.15) is 0 Å². The Balaban J connectivity index is 1.36. The minimum atomic E-state index is -0.221. The minimum Gasteiger partial charge on any atom is -0.474 e. The fourth-order valence-corrected chi connectivity index (χ4v) is 3.72. The highest BCUT2D eigenvalue weighted by atomic mass is 32.2. The molecular weight excluding hydrogens is 412 g/mol. The first kappa shape index (κ1) is 20.9. The van der Waals surface area contributed by atoms with Crippen molar-refractivity contribution >= 4 is 29.0 Å². The Morgan fingerprint density at radius 1 is 1.10 bits per heavy atom. The fourth-order valence-electron chi connectivity index (χ4n) is 2.93. The molecule has 0 fully saturated rings. The van der Waals surface area contributed by atoms with Crippen molar-refractivity contribution in [3.05, 3.63) is 84.4 Å². The van der Waals surface area contributed by atoms with Gasteiger partial charge in [-0.15, -0.1) is 11.8 Å². The maximum atomic E-state index is 12.6. The summed E-state index contributed by atoms with van der Waals surface area (Å²) in [5.74, 6) is 0.902. The number of hydrogen-bond donors (Lipinski definition) is 1. The molecule has 0 aliphatic carbocycles. The van der Waals surface area contributed by atoms with E-state index in [2.05, 4.69) is 15.3 Å². The molecule has 0 unspecified atom stereocenters. The second-order valence-corrected chi connectivity index (χ2v) is 7.71. The third-order valence-electron chi connectivity index (χ3n) is 4.46. The number of aromatic nitrogens is 3. The molecule has 3 heterocycles. The van der Waals surface area contributed by atoms with Gasteiger partial charge in [0, 0.05) is 41.9 Å². The number of carbonyl (C=O) groups is 1. The molecule has 31 heavy (non-hydrogen) atoms. The fraction of sp³-hybridized carbons (Fsp3) is 0.174. The number of carbonyl (C=O) groups excluding carboxylic acids is 1.